The smallest absolute Gasteiger partial charge is 0.318 e. The number of azide groups is 1. The number of aliphatic hydroxyl groups is 2. The first-order chi connectivity index (χ1) is 12.7. The van der Waals surface area contributed by atoms with Crippen LogP contribution in [0.5, 0.6) is 6.01 Å². The number of fused-ring (bicyclic) bond motifs is 1. The van der Waals surface area contributed by atoms with Crippen molar-refractivity contribution in [2.75, 3.05) is 6.54 Å². The molecule has 2 aliphatic rings. The minimum atomic E-state index is -1.21. The van der Waals surface area contributed by atoms with Crippen LogP contribution in [0, 0.1) is 0 Å². The molecule has 4 rings (SSSR count). The van der Waals surface area contributed by atoms with Gasteiger partial charge in [0, 0.05) is 4.91 Å². The Morgan fingerprint density at radius 1 is 1.31 bits per heavy atom. The van der Waals surface area contributed by atoms with Gasteiger partial charge in [-0.05, 0) is 31.2 Å². The Bertz CT molecular complexity index is 831. The number of hydrogen-bond donors (Lipinski definition) is 2. The number of aliphatic hydroxyl groups excluding tert-OH is 2. The van der Waals surface area contributed by atoms with Crippen LogP contribution in [0.2, 0.25) is 0 Å². The zero-order valence-corrected chi connectivity index (χ0v) is 13.9. The van der Waals surface area contributed by atoms with Crippen LogP contribution in [-0.4, -0.2) is 60.7 Å². The molecule has 2 N–H and O–H groups in total. The molecule has 0 spiro atoms. The molecule has 138 valence electrons. The summed E-state index contributed by atoms with van der Waals surface area (Å²) in [5.41, 5.74) is 9.39. The van der Waals surface area contributed by atoms with E-state index in [1.54, 1.807) is 6.20 Å². The summed E-state index contributed by atoms with van der Waals surface area (Å²) < 4.78 is 13.0. The summed E-state index contributed by atoms with van der Waals surface area (Å²) in [6.07, 6.45) is 3.29. The minimum absolute atomic E-state index is 0.0805. The first kappa shape index (κ1) is 17.0. The fourth-order valence-electron chi connectivity index (χ4n) is 3.44. The van der Waals surface area contributed by atoms with E-state index in [1.165, 1.54) is 10.9 Å². The van der Waals surface area contributed by atoms with Crippen LogP contribution >= 0.6 is 0 Å². The van der Waals surface area contributed by atoms with Crippen LogP contribution in [0.3, 0.4) is 0 Å². The van der Waals surface area contributed by atoms with Crippen LogP contribution < -0.4 is 4.74 Å². The van der Waals surface area contributed by atoms with Crippen LogP contribution in [0.4, 0.5) is 0 Å². The molecule has 1 aliphatic carbocycles. The number of imidazole rings is 1. The second-order valence-corrected chi connectivity index (χ2v) is 6.50. The molecule has 1 aliphatic heterocycles. The van der Waals surface area contributed by atoms with Crippen molar-refractivity contribution in [1.29, 1.82) is 0 Å². The molecule has 0 amide bonds. The van der Waals surface area contributed by atoms with Gasteiger partial charge in [-0.15, -0.1) is 0 Å². The monoisotopic (exact) mass is 361 g/mol. The van der Waals surface area contributed by atoms with Crippen LogP contribution in [-0.2, 0) is 4.74 Å². The summed E-state index contributed by atoms with van der Waals surface area (Å²) in [6.45, 7) is -0.0805. The fraction of sp³-hybridized carbons (Fsp3) is 0.667. The zero-order chi connectivity index (χ0) is 18.1. The summed E-state index contributed by atoms with van der Waals surface area (Å²) in [6, 6.07) is 0.254. The van der Waals surface area contributed by atoms with Crippen molar-refractivity contribution in [2.24, 2.45) is 5.11 Å². The van der Waals surface area contributed by atoms with Gasteiger partial charge in [-0.1, -0.05) is 5.11 Å². The summed E-state index contributed by atoms with van der Waals surface area (Å²) in [7, 11) is 0. The van der Waals surface area contributed by atoms with Crippen molar-refractivity contribution < 1.29 is 19.7 Å². The summed E-state index contributed by atoms with van der Waals surface area (Å²) in [5, 5.41) is 23.8. The lowest BCUT2D eigenvalue weighted by atomic mass is 10.1. The van der Waals surface area contributed by atoms with E-state index in [2.05, 4.69) is 25.0 Å². The highest BCUT2D eigenvalue weighted by molar-refractivity contribution is 5.69. The summed E-state index contributed by atoms with van der Waals surface area (Å²) in [5.74, 6) is 0. The Hall–Kier alpha value is -2.46. The third kappa shape index (κ3) is 3.06. The highest BCUT2D eigenvalue weighted by atomic mass is 16.6. The highest BCUT2D eigenvalue weighted by Gasteiger charge is 2.43. The summed E-state index contributed by atoms with van der Waals surface area (Å²) >= 11 is 0. The van der Waals surface area contributed by atoms with Crippen molar-refractivity contribution in [1.82, 2.24) is 19.5 Å². The second kappa shape index (κ2) is 7.04. The number of aromatic nitrogens is 4. The topological polar surface area (TPSA) is 151 Å². The van der Waals surface area contributed by atoms with Crippen LogP contribution in [0.15, 0.2) is 17.6 Å². The number of ether oxygens (including phenoxy) is 2. The van der Waals surface area contributed by atoms with Gasteiger partial charge in [0.05, 0.1) is 25.2 Å². The second-order valence-electron chi connectivity index (χ2n) is 6.50. The van der Waals surface area contributed by atoms with Gasteiger partial charge in [0.25, 0.3) is 0 Å². The number of nitrogens with zero attached hydrogens (tertiary/aromatic N) is 7. The maximum Gasteiger partial charge on any atom is 0.318 e. The predicted molar refractivity (Wildman–Crippen MR) is 88.1 cm³/mol. The molecule has 3 heterocycles. The Balaban J connectivity index is 1.60. The average Bonchev–Trinajstić information content (AvgIpc) is 3.35. The molecule has 11 nitrogen and oxygen atoms in total. The van der Waals surface area contributed by atoms with E-state index in [9.17, 15) is 10.2 Å². The molecule has 2 fully saturated rings. The highest BCUT2D eigenvalue weighted by Crippen LogP contribution is 2.32. The Labute approximate surface area is 148 Å². The molecule has 11 heteroatoms. The molecule has 4 atom stereocenters. The van der Waals surface area contributed by atoms with Gasteiger partial charge in [0.1, 0.15) is 23.8 Å². The van der Waals surface area contributed by atoms with E-state index in [0.29, 0.717) is 11.2 Å². The van der Waals surface area contributed by atoms with E-state index in [1.807, 2.05) is 0 Å². The van der Waals surface area contributed by atoms with Crippen LogP contribution in [0.1, 0.15) is 31.9 Å². The van der Waals surface area contributed by atoms with Crippen molar-refractivity contribution in [2.45, 2.75) is 56.3 Å². The van der Waals surface area contributed by atoms with Crippen LogP contribution in [0.25, 0.3) is 21.6 Å². The number of rotatable bonds is 5. The molecule has 0 bridgehead atoms. The molecule has 2 aromatic rings. The van der Waals surface area contributed by atoms with E-state index in [4.69, 9.17) is 15.0 Å². The largest absolute Gasteiger partial charge is 0.460 e. The molecular formula is C15H19N7O4. The predicted octanol–water partition coefficient (Wildman–Crippen LogP) is 1.08. The lowest BCUT2D eigenvalue weighted by Crippen LogP contribution is -2.32. The third-order valence-corrected chi connectivity index (χ3v) is 4.80. The molecule has 0 aromatic carbocycles. The number of hydrogen-bond acceptors (Lipinski definition) is 8. The quantitative estimate of drug-likeness (QED) is 0.459. The lowest BCUT2D eigenvalue weighted by Gasteiger charge is -2.17. The molecule has 0 unspecified atom stereocenters. The van der Waals surface area contributed by atoms with Gasteiger partial charge in [0.2, 0.25) is 0 Å². The normalized spacial score (nSPS) is 29.2. The van der Waals surface area contributed by atoms with Crippen molar-refractivity contribution in [3.63, 3.8) is 0 Å². The van der Waals surface area contributed by atoms with Gasteiger partial charge in [-0.25, -0.2) is 9.97 Å². The van der Waals surface area contributed by atoms with Gasteiger partial charge in [-0.2, -0.15) is 4.98 Å². The van der Waals surface area contributed by atoms with Gasteiger partial charge in [-0.3, -0.25) is 4.57 Å². The van der Waals surface area contributed by atoms with Gasteiger partial charge >= 0.3 is 6.01 Å². The SMILES string of the molecule is [N-]=[N+]=NC[C@H]1O[C@@H](n2cnc3cnc(OC4CCCC4)nc32)[C@H](O)[C@@H]1O. The maximum atomic E-state index is 10.3. The van der Waals surface area contributed by atoms with E-state index >= 15 is 0 Å². The van der Waals surface area contributed by atoms with E-state index < -0.39 is 24.5 Å². The van der Waals surface area contributed by atoms with E-state index in [-0.39, 0.29) is 18.7 Å². The van der Waals surface area contributed by atoms with Crippen molar-refractivity contribution in [3.8, 4) is 6.01 Å². The molecule has 1 saturated heterocycles. The third-order valence-electron chi connectivity index (χ3n) is 4.80. The Morgan fingerprint density at radius 3 is 2.88 bits per heavy atom. The standard InChI is InChI=1S/C15H19N7O4/c16-21-19-6-10-11(23)12(24)14(26-10)22-7-18-9-5-17-15(20-13(9)22)25-8-3-1-2-4-8/h5,7-8,10-12,14,23-24H,1-4,6H2/t10-,11-,12-,14-/m1/s1. The molecular weight excluding hydrogens is 342 g/mol. The first-order valence-electron chi connectivity index (χ1n) is 8.56. The first-order valence-corrected chi connectivity index (χ1v) is 8.56. The Morgan fingerprint density at radius 2 is 2.12 bits per heavy atom. The minimum Gasteiger partial charge on any atom is -0.460 e. The fourth-order valence-corrected chi connectivity index (χ4v) is 3.44. The van der Waals surface area contributed by atoms with Gasteiger partial charge < -0.3 is 19.7 Å². The maximum absolute atomic E-state index is 10.3. The van der Waals surface area contributed by atoms with Gasteiger partial charge in [0.15, 0.2) is 11.9 Å². The Kier molecular flexibility index (Phi) is 4.60. The zero-order valence-electron chi connectivity index (χ0n) is 13.9. The molecule has 0 radical (unpaired) electrons. The summed E-state index contributed by atoms with van der Waals surface area (Å²) in [4.78, 5) is 15.4. The van der Waals surface area contributed by atoms with Crippen molar-refractivity contribution in [3.05, 3.63) is 23.0 Å². The average molecular weight is 361 g/mol. The molecule has 1 saturated carbocycles. The molecule has 26 heavy (non-hydrogen) atoms. The lowest BCUT2D eigenvalue weighted by molar-refractivity contribution is -0.0322. The molecule has 2 aromatic heterocycles. The van der Waals surface area contributed by atoms with Crippen molar-refractivity contribution >= 4 is 11.2 Å². The van der Waals surface area contributed by atoms with E-state index in [0.717, 1.165) is 25.7 Å².